The number of anilines is 3. The summed E-state index contributed by atoms with van der Waals surface area (Å²) in [5, 5.41) is 46.5. The molecular weight excluding hydrogens is 799 g/mol. The second kappa shape index (κ2) is 15.6. The maximum Gasteiger partial charge on any atom is 0.259 e. The molecule has 0 aromatic heterocycles. The van der Waals surface area contributed by atoms with Crippen LogP contribution in [-0.4, -0.2) is 28.3 Å². The number of hydrogen-bond donors (Lipinski definition) is 3. The lowest BCUT2D eigenvalue weighted by molar-refractivity contribution is -0.106. The minimum atomic E-state index is -0.584. The molecule has 290 valence electrons. The Balaban J connectivity index is 1.01. The van der Waals surface area contributed by atoms with E-state index in [0.717, 1.165) is 0 Å². The number of halogens is 2. The average Bonchev–Trinajstić information content (AvgIpc) is 3.54. The summed E-state index contributed by atoms with van der Waals surface area (Å²) in [7, 11) is 0. The van der Waals surface area contributed by atoms with Gasteiger partial charge in [0.25, 0.3) is 5.91 Å². The van der Waals surface area contributed by atoms with E-state index in [1.807, 2.05) is 18.2 Å². The van der Waals surface area contributed by atoms with E-state index in [9.17, 15) is 24.6 Å². The molecule has 0 fully saturated rings. The molecule has 1 aliphatic rings. The van der Waals surface area contributed by atoms with Crippen molar-refractivity contribution in [3.8, 4) is 22.6 Å². The quantitative estimate of drug-likeness (QED) is 0.0975. The highest BCUT2D eigenvalue weighted by atomic mass is 35.5. The van der Waals surface area contributed by atoms with Crippen molar-refractivity contribution in [2.45, 2.75) is 0 Å². The third kappa shape index (κ3) is 6.77. The van der Waals surface area contributed by atoms with E-state index in [-0.39, 0.29) is 39.9 Å². The Morgan fingerprint density at radius 1 is 0.567 bits per heavy atom. The lowest BCUT2D eigenvalue weighted by atomic mass is 10.0. The summed E-state index contributed by atoms with van der Waals surface area (Å²) >= 11 is 12.7. The number of phenols is 2. The molecule has 11 nitrogen and oxygen atoms in total. The fourth-order valence-electron chi connectivity index (χ4n) is 7.22. The first kappa shape index (κ1) is 37.8. The van der Waals surface area contributed by atoms with Crippen LogP contribution >= 0.6 is 23.2 Å². The van der Waals surface area contributed by atoms with Crippen molar-refractivity contribution in [2.75, 3.05) is 10.2 Å². The molecule has 0 radical (unpaired) electrons. The van der Waals surface area contributed by atoms with E-state index in [2.05, 4.69) is 25.8 Å². The van der Waals surface area contributed by atoms with Crippen LogP contribution < -0.4 is 10.2 Å². The Hall–Kier alpha value is -7.73. The molecule has 0 bridgehead atoms. The third-order valence-electron chi connectivity index (χ3n) is 10.1. The van der Waals surface area contributed by atoms with Crippen LogP contribution in [0.4, 0.5) is 39.8 Å². The monoisotopic (exact) mass is 826 g/mol. The summed E-state index contributed by atoms with van der Waals surface area (Å²) in [4.78, 5) is 40.9. The number of fused-ring (bicyclic) bond motifs is 5. The van der Waals surface area contributed by atoms with Gasteiger partial charge in [0.1, 0.15) is 11.4 Å². The molecule has 0 atom stereocenters. The van der Waals surface area contributed by atoms with Gasteiger partial charge in [0, 0.05) is 21.9 Å². The van der Waals surface area contributed by atoms with Crippen molar-refractivity contribution in [3.63, 3.8) is 0 Å². The predicted molar refractivity (Wildman–Crippen MR) is 234 cm³/mol. The van der Waals surface area contributed by atoms with Gasteiger partial charge in [-0.1, -0.05) is 108 Å². The Kier molecular flexibility index (Phi) is 9.81. The molecule has 8 aromatic rings. The molecule has 0 saturated carbocycles. The summed E-state index contributed by atoms with van der Waals surface area (Å²) in [5.41, 5.74) is 3.95. The zero-order valence-electron chi connectivity index (χ0n) is 31.0. The van der Waals surface area contributed by atoms with E-state index in [1.54, 1.807) is 127 Å². The van der Waals surface area contributed by atoms with Crippen molar-refractivity contribution in [1.29, 1.82) is 0 Å². The molecule has 13 heteroatoms. The number of hydrogen-bond acceptors (Lipinski definition) is 9. The van der Waals surface area contributed by atoms with E-state index in [0.29, 0.717) is 83.0 Å². The first-order valence-corrected chi connectivity index (χ1v) is 19.2. The van der Waals surface area contributed by atoms with Gasteiger partial charge in [-0.3, -0.25) is 19.3 Å². The third-order valence-corrected chi connectivity index (χ3v) is 10.8. The second-order valence-corrected chi connectivity index (χ2v) is 14.5. The summed E-state index contributed by atoms with van der Waals surface area (Å²) in [6.45, 7) is 0. The van der Waals surface area contributed by atoms with Crippen LogP contribution in [0.2, 0.25) is 10.0 Å². The predicted octanol–water partition coefficient (Wildman–Crippen LogP) is 13.3. The first-order valence-electron chi connectivity index (χ1n) is 18.4. The molecule has 0 unspecified atom stereocenters. The van der Waals surface area contributed by atoms with E-state index >= 15 is 0 Å². The Morgan fingerprint density at radius 3 is 1.70 bits per heavy atom. The lowest BCUT2D eigenvalue weighted by Gasteiger charge is -2.21. The van der Waals surface area contributed by atoms with Crippen molar-refractivity contribution >= 4 is 103 Å². The van der Waals surface area contributed by atoms with Crippen LogP contribution in [-0.2, 0) is 4.79 Å². The van der Waals surface area contributed by atoms with Gasteiger partial charge in [-0.15, -0.1) is 10.2 Å². The number of nitrogens with one attached hydrogen (secondary N) is 1. The molecule has 0 aliphatic heterocycles. The summed E-state index contributed by atoms with van der Waals surface area (Å²) in [6.07, 6.45) is 0.566. The smallest absolute Gasteiger partial charge is 0.259 e. The fraction of sp³-hybridized carbons (Fsp3) is 0. The molecule has 9 rings (SSSR count). The van der Waals surface area contributed by atoms with Crippen LogP contribution in [0.3, 0.4) is 0 Å². The number of rotatable bonds is 9. The number of phenolic OH excluding ortho intramolecular Hbond substituents is 2. The number of carbonyl (C=O) groups excluding carboxylic acids is 3. The number of azo groups is 2. The van der Waals surface area contributed by atoms with Gasteiger partial charge in [0.15, 0.2) is 17.3 Å². The SMILES string of the molecule is O=CN(c1ccccc1Cl)c1cc2ccccc2c(N=Nc2ccc3c(c2)C(=O)c2cc(N=Nc4c(O)c(C(=O)Nc5ccccc5Cl)cc5ccccc45)ccc2-3)c1O. The van der Waals surface area contributed by atoms with E-state index < -0.39 is 5.91 Å². The number of amides is 2. The van der Waals surface area contributed by atoms with Gasteiger partial charge in [-0.25, -0.2) is 0 Å². The molecule has 1 aliphatic carbocycles. The van der Waals surface area contributed by atoms with E-state index in [1.165, 1.54) is 4.90 Å². The van der Waals surface area contributed by atoms with Crippen molar-refractivity contribution < 1.29 is 24.6 Å². The molecule has 60 heavy (non-hydrogen) atoms. The van der Waals surface area contributed by atoms with E-state index in [4.69, 9.17) is 23.2 Å². The molecule has 0 heterocycles. The number of aromatic hydroxyl groups is 2. The number of nitrogens with zero attached hydrogens (tertiary/aromatic N) is 5. The maximum atomic E-state index is 13.9. The van der Waals surface area contributed by atoms with Gasteiger partial charge in [0.2, 0.25) is 6.41 Å². The van der Waals surface area contributed by atoms with Crippen LogP contribution in [0, 0.1) is 0 Å². The summed E-state index contributed by atoms with van der Waals surface area (Å²) in [6, 6.07) is 41.4. The molecule has 2 amide bonds. The van der Waals surface area contributed by atoms with Crippen LogP contribution in [0.25, 0.3) is 32.7 Å². The van der Waals surface area contributed by atoms with Crippen LogP contribution in [0.15, 0.2) is 166 Å². The zero-order valence-corrected chi connectivity index (χ0v) is 32.6. The van der Waals surface area contributed by atoms with Gasteiger partial charge in [-0.05, 0) is 82.6 Å². The topological polar surface area (TPSA) is 156 Å². The Labute approximate surface area is 351 Å². The molecule has 0 spiro atoms. The molecule has 8 aromatic carbocycles. The molecular formula is C47H28Cl2N6O5. The molecule has 3 N–H and O–H groups in total. The van der Waals surface area contributed by atoms with Gasteiger partial charge < -0.3 is 15.5 Å². The average molecular weight is 828 g/mol. The minimum absolute atomic E-state index is 0.0220. The van der Waals surface area contributed by atoms with Crippen LogP contribution in [0.1, 0.15) is 26.3 Å². The van der Waals surface area contributed by atoms with Crippen molar-refractivity contribution in [3.05, 3.63) is 172 Å². The van der Waals surface area contributed by atoms with Crippen molar-refractivity contribution in [1.82, 2.24) is 0 Å². The van der Waals surface area contributed by atoms with Crippen molar-refractivity contribution in [2.24, 2.45) is 20.5 Å². The second-order valence-electron chi connectivity index (χ2n) is 13.7. The Morgan fingerprint density at radius 2 is 1.10 bits per heavy atom. The maximum absolute atomic E-state index is 13.9. The van der Waals surface area contributed by atoms with Gasteiger partial charge >= 0.3 is 0 Å². The minimum Gasteiger partial charge on any atom is -0.505 e. The lowest BCUT2D eigenvalue weighted by Crippen LogP contribution is -2.14. The normalized spacial score (nSPS) is 12.0. The largest absolute Gasteiger partial charge is 0.505 e. The number of ketones is 1. The molecule has 0 saturated heterocycles. The number of para-hydroxylation sites is 2. The van der Waals surface area contributed by atoms with Gasteiger partial charge in [0.05, 0.1) is 44.0 Å². The van der Waals surface area contributed by atoms with Gasteiger partial charge in [-0.2, -0.15) is 10.2 Å². The summed E-state index contributed by atoms with van der Waals surface area (Å²) < 4.78 is 0. The number of benzene rings is 8. The number of carbonyl (C=O) groups is 3. The Bertz CT molecular complexity index is 3170. The van der Waals surface area contributed by atoms with Crippen LogP contribution in [0.5, 0.6) is 11.5 Å². The first-order chi connectivity index (χ1) is 29.2. The fourth-order valence-corrected chi connectivity index (χ4v) is 7.63. The highest BCUT2D eigenvalue weighted by Crippen LogP contribution is 2.47. The highest BCUT2D eigenvalue weighted by Gasteiger charge is 2.28. The zero-order chi connectivity index (χ0) is 41.5. The highest BCUT2D eigenvalue weighted by molar-refractivity contribution is 6.34. The summed E-state index contributed by atoms with van der Waals surface area (Å²) in [5.74, 6) is -1.51. The standard InChI is InChI=1S/C47H28Cl2N6O5/c48-37-13-5-7-15-39(37)50-47(60)36-21-26-9-1-3-11-30(26)42(45(36)58)53-51-28-17-19-32-33-20-18-29(24-35(33)44(57)34(32)23-28)52-54-43-31-12-4-2-10-27(31)22-41(46(43)59)55(25-56)40-16-8-6-14-38(40)49/h1-25,58-59H,(H,50,60).